The Bertz CT molecular complexity index is 541. The van der Waals surface area contributed by atoms with Crippen LogP contribution in [0.3, 0.4) is 0 Å². The van der Waals surface area contributed by atoms with E-state index in [9.17, 15) is 4.79 Å². The minimum Gasteiger partial charge on any atom is -0.478 e. The average Bonchev–Trinajstić information content (AvgIpc) is 2.35. The molecule has 0 bridgehead atoms. The van der Waals surface area contributed by atoms with Gasteiger partial charge in [-0.15, -0.1) is 0 Å². The van der Waals surface area contributed by atoms with E-state index < -0.39 is 5.97 Å². The van der Waals surface area contributed by atoms with Crippen LogP contribution in [0.4, 0.5) is 5.69 Å². The Labute approximate surface area is 107 Å². The third-order valence-electron chi connectivity index (χ3n) is 3.43. The average molecular weight is 243 g/mol. The van der Waals surface area contributed by atoms with Crippen LogP contribution in [-0.4, -0.2) is 16.8 Å². The first kappa shape index (κ1) is 12.6. The van der Waals surface area contributed by atoms with Gasteiger partial charge in [0.2, 0.25) is 0 Å². The number of rotatable bonds is 2. The van der Waals surface area contributed by atoms with Crippen molar-refractivity contribution in [1.82, 2.24) is 0 Å². The number of aliphatic imine (C=N–C) groups is 1. The second kappa shape index (κ2) is 5.17. The van der Waals surface area contributed by atoms with Gasteiger partial charge in [-0.25, -0.2) is 4.79 Å². The summed E-state index contributed by atoms with van der Waals surface area (Å²) in [6.45, 7) is 4.18. The smallest absolute Gasteiger partial charge is 0.337 e. The van der Waals surface area contributed by atoms with Gasteiger partial charge in [-0.2, -0.15) is 0 Å². The summed E-state index contributed by atoms with van der Waals surface area (Å²) in [5.41, 5.74) is 4.40. The zero-order valence-electron chi connectivity index (χ0n) is 10.7. The number of hydrogen-bond donors (Lipinski definition) is 1. The molecule has 1 aliphatic rings. The zero-order valence-corrected chi connectivity index (χ0v) is 10.7. The molecule has 0 amide bonds. The van der Waals surface area contributed by atoms with Crippen molar-refractivity contribution in [1.29, 1.82) is 0 Å². The SMILES string of the molecule is CC1=C(C)C(=Nc2ccccc2C(=O)O)CCC1. The lowest BCUT2D eigenvalue weighted by atomic mass is 9.92. The zero-order chi connectivity index (χ0) is 13.1. The monoisotopic (exact) mass is 243 g/mol. The van der Waals surface area contributed by atoms with Gasteiger partial charge in [-0.05, 0) is 50.8 Å². The van der Waals surface area contributed by atoms with Crippen LogP contribution >= 0.6 is 0 Å². The number of carboxylic acids is 1. The van der Waals surface area contributed by atoms with Gasteiger partial charge in [0.05, 0.1) is 11.3 Å². The van der Waals surface area contributed by atoms with E-state index in [4.69, 9.17) is 5.11 Å². The molecule has 0 saturated heterocycles. The number of carbonyl (C=O) groups is 1. The summed E-state index contributed by atoms with van der Waals surface area (Å²) in [7, 11) is 0. The molecule has 0 fully saturated rings. The number of benzene rings is 1. The molecule has 0 spiro atoms. The standard InChI is InChI=1S/C15H17NO2/c1-10-6-5-9-13(11(10)2)16-14-8-4-3-7-12(14)15(17)18/h3-4,7-8H,5-6,9H2,1-2H3,(H,17,18). The quantitative estimate of drug-likeness (QED) is 0.854. The lowest BCUT2D eigenvalue weighted by molar-refractivity contribution is 0.0698. The number of nitrogens with zero attached hydrogens (tertiary/aromatic N) is 1. The maximum Gasteiger partial charge on any atom is 0.337 e. The van der Waals surface area contributed by atoms with Crippen molar-refractivity contribution in [2.45, 2.75) is 33.1 Å². The van der Waals surface area contributed by atoms with Crippen molar-refractivity contribution in [3.8, 4) is 0 Å². The molecule has 0 aromatic heterocycles. The van der Waals surface area contributed by atoms with Gasteiger partial charge < -0.3 is 5.11 Å². The minimum absolute atomic E-state index is 0.265. The molecule has 0 heterocycles. The van der Waals surface area contributed by atoms with Gasteiger partial charge in [0, 0.05) is 5.71 Å². The van der Waals surface area contributed by atoms with Gasteiger partial charge in [0.15, 0.2) is 0 Å². The van der Waals surface area contributed by atoms with Gasteiger partial charge in [-0.1, -0.05) is 17.7 Å². The Balaban J connectivity index is 2.45. The number of aromatic carboxylic acids is 1. The Hall–Kier alpha value is -1.90. The molecular formula is C15H17NO2. The van der Waals surface area contributed by atoms with Crippen molar-refractivity contribution < 1.29 is 9.90 Å². The maximum absolute atomic E-state index is 11.1. The van der Waals surface area contributed by atoms with E-state index >= 15 is 0 Å². The van der Waals surface area contributed by atoms with Crippen LogP contribution in [0, 0.1) is 0 Å². The minimum atomic E-state index is -0.927. The number of carboxylic acid groups (broad SMARTS) is 1. The van der Waals surface area contributed by atoms with E-state index in [1.165, 1.54) is 11.1 Å². The first-order chi connectivity index (χ1) is 8.59. The summed E-state index contributed by atoms with van der Waals surface area (Å²) < 4.78 is 0. The molecule has 1 aromatic carbocycles. The van der Waals surface area contributed by atoms with E-state index in [0.29, 0.717) is 5.69 Å². The second-order valence-corrected chi connectivity index (χ2v) is 4.64. The van der Waals surface area contributed by atoms with Crippen molar-refractivity contribution in [3.05, 3.63) is 41.0 Å². The van der Waals surface area contributed by atoms with E-state index in [-0.39, 0.29) is 5.56 Å². The van der Waals surface area contributed by atoms with Crippen molar-refractivity contribution in [3.63, 3.8) is 0 Å². The predicted octanol–water partition coefficient (Wildman–Crippen LogP) is 3.98. The van der Waals surface area contributed by atoms with Crippen molar-refractivity contribution in [2.24, 2.45) is 4.99 Å². The number of para-hydroxylation sites is 1. The Morgan fingerprint density at radius 3 is 2.67 bits per heavy atom. The summed E-state index contributed by atoms with van der Waals surface area (Å²) in [6.07, 6.45) is 3.14. The third kappa shape index (κ3) is 2.50. The fraction of sp³-hybridized carbons (Fsp3) is 0.333. The van der Waals surface area contributed by atoms with E-state index in [1.54, 1.807) is 18.2 Å². The Morgan fingerprint density at radius 2 is 1.94 bits per heavy atom. The molecule has 18 heavy (non-hydrogen) atoms. The summed E-state index contributed by atoms with van der Waals surface area (Å²) in [6, 6.07) is 6.90. The molecule has 3 heteroatoms. The molecule has 0 saturated carbocycles. The first-order valence-electron chi connectivity index (χ1n) is 6.16. The molecule has 94 valence electrons. The van der Waals surface area contributed by atoms with Gasteiger partial charge >= 0.3 is 5.97 Å². The molecule has 1 aliphatic carbocycles. The van der Waals surface area contributed by atoms with Crippen LogP contribution in [-0.2, 0) is 0 Å². The normalized spacial score (nSPS) is 18.2. The highest BCUT2D eigenvalue weighted by molar-refractivity contribution is 6.04. The summed E-state index contributed by atoms with van der Waals surface area (Å²) in [5.74, 6) is -0.927. The predicted molar refractivity (Wildman–Crippen MR) is 72.7 cm³/mol. The molecule has 2 rings (SSSR count). The highest BCUT2D eigenvalue weighted by Gasteiger charge is 2.14. The van der Waals surface area contributed by atoms with E-state index in [0.717, 1.165) is 25.0 Å². The van der Waals surface area contributed by atoms with Gasteiger partial charge in [0.25, 0.3) is 0 Å². The molecule has 0 aliphatic heterocycles. The summed E-state index contributed by atoms with van der Waals surface area (Å²) in [5, 5.41) is 9.13. The topological polar surface area (TPSA) is 49.7 Å². The van der Waals surface area contributed by atoms with Crippen molar-refractivity contribution in [2.75, 3.05) is 0 Å². The lowest BCUT2D eigenvalue weighted by Crippen LogP contribution is -2.08. The fourth-order valence-electron chi connectivity index (χ4n) is 2.18. The highest BCUT2D eigenvalue weighted by atomic mass is 16.4. The number of allylic oxidation sites excluding steroid dienone is 2. The summed E-state index contributed by atoms with van der Waals surface area (Å²) >= 11 is 0. The molecule has 1 aromatic rings. The first-order valence-corrected chi connectivity index (χ1v) is 6.16. The second-order valence-electron chi connectivity index (χ2n) is 4.64. The molecule has 0 unspecified atom stereocenters. The van der Waals surface area contributed by atoms with Crippen LogP contribution < -0.4 is 0 Å². The van der Waals surface area contributed by atoms with Gasteiger partial charge in [-0.3, -0.25) is 4.99 Å². The number of hydrogen-bond acceptors (Lipinski definition) is 2. The molecule has 3 nitrogen and oxygen atoms in total. The van der Waals surface area contributed by atoms with Crippen LogP contribution in [0.25, 0.3) is 0 Å². The van der Waals surface area contributed by atoms with Crippen molar-refractivity contribution >= 4 is 17.4 Å². The third-order valence-corrected chi connectivity index (χ3v) is 3.43. The van der Waals surface area contributed by atoms with E-state index in [1.807, 2.05) is 6.07 Å². The molecule has 1 N–H and O–H groups in total. The molecule has 0 atom stereocenters. The van der Waals surface area contributed by atoms with Crippen LogP contribution in [0.5, 0.6) is 0 Å². The van der Waals surface area contributed by atoms with Crippen LogP contribution in [0.2, 0.25) is 0 Å². The summed E-state index contributed by atoms with van der Waals surface area (Å²) in [4.78, 5) is 15.7. The van der Waals surface area contributed by atoms with Crippen LogP contribution in [0.15, 0.2) is 40.4 Å². The molecular weight excluding hydrogens is 226 g/mol. The highest BCUT2D eigenvalue weighted by Crippen LogP contribution is 2.26. The lowest BCUT2D eigenvalue weighted by Gasteiger charge is -2.17. The van der Waals surface area contributed by atoms with Gasteiger partial charge in [0.1, 0.15) is 0 Å². The molecule has 0 radical (unpaired) electrons. The largest absolute Gasteiger partial charge is 0.478 e. The maximum atomic E-state index is 11.1. The Morgan fingerprint density at radius 1 is 1.22 bits per heavy atom. The Kier molecular flexibility index (Phi) is 3.60. The fourth-order valence-corrected chi connectivity index (χ4v) is 2.18. The van der Waals surface area contributed by atoms with E-state index in [2.05, 4.69) is 18.8 Å². The van der Waals surface area contributed by atoms with Crippen LogP contribution in [0.1, 0.15) is 43.5 Å².